The minimum absolute atomic E-state index is 0.0299. The van der Waals surface area contributed by atoms with Gasteiger partial charge in [-0.2, -0.15) is 0 Å². The van der Waals surface area contributed by atoms with Crippen LogP contribution in [0.25, 0.3) is 10.8 Å². The van der Waals surface area contributed by atoms with Crippen LogP contribution in [0.4, 0.5) is 5.69 Å². The smallest absolute Gasteiger partial charge is 0.271 e. The summed E-state index contributed by atoms with van der Waals surface area (Å²) in [6.07, 6.45) is 1.70. The molecule has 1 aliphatic heterocycles. The highest BCUT2D eigenvalue weighted by molar-refractivity contribution is 7.89. The van der Waals surface area contributed by atoms with Gasteiger partial charge in [0.25, 0.3) is 5.91 Å². The lowest BCUT2D eigenvalue weighted by atomic mass is 9.97. The van der Waals surface area contributed by atoms with Crippen molar-refractivity contribution in [3.8, 4) is 0 Å². The van der Waals surface area contributed by atoms with Crippen molar-refractivity contribution in [2.75, 3.05) is 11.9 Å². The van der Waals surface area contributed by atoms with E-state index in [2.05, 4.69) is 10.3 Å². The van der Waals surface area contributed by atoms with E-state index >= 15 is 0 Å². The number of nitrogens with zero attached hydrogens (tertiary/aromatic N) is 2. The first kappa shape index (κ1) is 19.0. The number of fused-ring (bicyclic) bond motifs is 2. The first-order valence-corrected chi connectivity index (χ1v) is 10.4. The Labute approximate surface area is 167 Å². The number of amides is 2. The lowest BCUT2D eigenvalue weighted by Gasteiger charge is -2.31. The maximum Gasteiger partial charge on any atom is 0.271 e. The van der Waals surface area contributed by atoms with E-state index in [1.165, 1.54) is 29.3 Å². The maximum atomic E-state index is 12.9. The Bertz CT molecular complexity index is 1260. The van der Waals surface area contributed by atoms with Gasteiger partial charge in [-0.15, -0.1) is 0 Å². The number of aromatic nitrogens is 1. The van der Waals surface area contributed by atoms with E-state index in [9.17, 15) is 18.0 Å². The largest absolute Gasteiger partial charge is 0.339 e. The van der Waals surface area contributed by atoms with Crippen LogP contribution in [-0.4, -0.2) is 38.3 Å². The summed E-state index contributed by atoms with van der Waals surface area (Å²) >= 11 is 0. The van der Waals surface area contributed by atoms with Gasteiger partial charge < -0.3 is 10.2 Å². The molecule has 4 rings (SSSR count). The van der Waals surface area contributed by atoms with Crippen molar-refractivity contribution in [2.45, 2.75) is 17.4 Å². The zero-order valence-electron chi connectivity index (χ0n) is 15.5. The molecule has 0 saturated heterocycles. The number of anilines is 1. The monoisotopic (exact) mass is 410 g/mol. The van der Waals surface area contributed by atoms with Crippen LogP contribution in [-0.2, 0) is 21.2 Å². The lowest BCUT2D eigenvalue weighted by Crippen LogP contribution is -2.51. The molecule has 1 unspecified atom stereocenters. The highest BCUT2D eigenvalue weighted by atomic mass is 32.2. The number of carbonyl (C=O) groups is 2. The number of hydrogen-bond donors (Lipinski definition) is 2. The van der Waals surface area contributed by atoms with E-state index in [1.54, 1.807) is 13.1 Å². The van der Waals surface area contributed by atoms with Crippen LogP contribution in [0.2, 0.25) is 0 Å². The van der Waals surface area contributed by atoms with Crippen LogP contribution in [0.3, 0.4) is 0 Å². The third-order valence-electron chi connectivity index (χ3n) is 5.00. The van der Waals surface area contributed by atoms with Crippen LogP contribution in [0.1, 0.15) is 16.1 Å². The summed E-state index contributed by atoms with van der Waals surface area (Å²) < 4.78 is 23.7. The third-order valence-corrected chi connectivity index (χ3v) is 5.97. The average Bonchev–Trinajstić information content (AvgIpc) is 2.70. The van der Waals surface area contributed by atoms with Crippen molar-refractivity contribution in [2.24, 2.45) is 5.14 Å². The van der Waals surface area contributed by atoms with E-state index < -0.39 is 22.0 Å². The van der Waals surface area contributed by atoms with Crippen LogP contribution in [0, 0.1) is 0 Å². The van der Waals surface area contributed by atoms with Gasteiger partial charge in [-0.25, -0.2) is 13.6 Å². The Kier molecular flexibility index (Phi) is 4.56. The van der Waals surface area contributed by atoms with E-state index in [-0.39, 0.29) is 16.5 Å². The number of likely N-dealkylation sites (N-methyl/N-ethyl adjacent to an activating group) is 1. The van der Waals surface area contributed by atoms with Crippen LogP contribution in [0.5, 0.6) is 0 Å². The maximum absolute atomic E-state index is 12.9. The second kappa shape index (κ2) is 6.94. The van der Waals surface area contributed by atoms with E-state index in [0.29, 0.717) is 17.2 Å². The summed E-state index contributed by atoms with van der Waals surface area (Å²) in [5.41, 5.74) is 1.79. The van der Waals surface area contributed by atoms with Gasteiger partial charge in [0.2, 0.25) is 15.9 Å². The topological polar surface area (TPSA) is 122 Å². The fourth-order valence-corrected chi connectivity index (χ4v) is 4.37. The van der Waals surface area contributed by atoms with Crippen molar-refractivity contribution >= 4 is 38.3 Å². The Hall–Kier alpha value is -3.30. The second-order valence-corrected chi connectivity index (χ2v) is 8.34. The van der Waals surface area contributed by atoms with Crippen molar-refractivity contribution in [1.29, 1.82) is 0 Å². The fourth-order valence-electron chi connectivity index (χ4n) is 3.62. The van der Waals surface area contributed by atoms with Gasteiger partial charge in [0.1, 0.15) is 11.7 Å². The molecular weight excluding hydrogens is 392 g/mol. The summed E-state index contributed by atoms with van der Waals surface area (Å²) in [7, 11) is -2.31. The third kappa shape index (κ3) is 3.34. The molecule has 0 spiro atoms. The molecule has 3 aromatic rings. The molecule has 9 heteroatoms. The molecule has 3 N–H and O–H groups in total. The SMILES string of the molecule is CN1C(=O)C(NC(=O)c2nccc3c(S(N)(=O)=O)cccc23)Cc2ccccc21. The van der Waals surface area contributed by atoms with Gasteiger partial charge in [0.15, 0.2) is 0 Å². The van der Waals surface area contributed by atoms with Gasteiger partial charge in [-0.3, -0.25) is 14.6 Å². The number of hydrogen-bond acceptors (Lipinski definition) is 5. The molecule has 148 valence electrons. The molecular formula is C20H18N4O4S. The number of rotatable bonds is 3. The number of nitrogens with one attached hydrogen (secondary N) is 1. The molecule has 0 saturated carbocycles. The molecule has 1 atom stereocenters. The number of pyridine rings is 1. The second-order valence-electron chi connectivity index (χ2n) is 6.81. The summed E-state index contributed by atoms with van der Waals surface area (Å²) in [5, 5.41) is 8.65. The Morgan fingerprint density at radius 1 is 1.14 bits per heavy atom. The predicted octanol–water partition coefficient (Wildman–Crippen LogP) is 1.20. The van der Waals surface area contributed by atoms with Crippen molar-refractivity contribution in [1.82, 2.24) is 10.3 Å². The normalized spacial score (nSPS) is 16.6. The van der Waals surface area contributed by atoms with Gasteiger partial charge >= 0.3 is 0 Å². The van der Waals surface area contributed by atoms with Gasteiger partial charge in [0.05, 0.1) is 4.90 Å². The quantitative estimate of drug-likeness (QED) is 0.672. The van der Waals surface area contributed by atoms with Crippen LogP contribution in [0.15, 0.2) is 59.6 Å². The van der Waals surface area contributed by atoms with E-state index in [4.69, 9.17) is 5.14 Å². The molecule has 1 aliphatic rings. The minimum atomic E-state index is -3.97. The van der Waals surface area contributed by atoms with Gasteiger partial charge in [-0.05, 0) is 23.8 Å². The van der Waals surface area contributed by atoms with Gasteiger partial charge in [-0.1, -0.05) is 30.3 Å². The zero-order chi connectivity index (χ0) is 20.8. The number of carbonyl (C=O) groups excluding carboxylic acids is 2. The van der Waals surface area contributed by atoms with E-state index in [1.807, 2.05) is 24.3 Å². The number of para-hydroxylation sites is 1. The molecule has 2 aromatic carbocycles. The number of benzene rings is 2. The minimum Gasteiger partial charge on any atom is -0.339 e. The predicted molar refractivity (Wildman–Crippen MR) is 108 cm³/mol. The molecule has 0 radical (unpaired) electrons. The van der Waals surface area contributed by atoms with Crippen molar-refractivity contribution in [3.05, 3.63) is 66.0 Å². The first-order chi connectivity index (χ1) is 13.8. The zero-order valence-corrected chi connectivity index (χ0v) is 16.3. The first-order valence-electron chi connectivity index (χ1n) is 8.84. The van der Waals surface area contributed by atoms with Crippen molar-refractivity contribution < 1.29 is 18.0 Å². The molecule has 0 bridgehead atoms. The fraction of sp³-hybridized carbons (Fsp3) is 0.150. The number of nitrogens with two attached hydrogens (primary N) is 1. The van der Waals surface area contributed by atoms with Crippen molar-refractivity contribution in [3.63, 3.8) is 0 Å². The molecule has 0 fully saturated rings. The summed E-state index contributed by atoms with van der Waals surface area (Å²) in [6, 6.07) is 12.7. The summed E-state index contributed by atoms with van der Waals surface area (Å²) in [6.45, 7) is 0. The average molecular weight is 410 g/mol. The molecule has 0 aliphatic carbocycles. The Morgan fingerprint density at radius 2 is 1.90 bits per heavy atom. The number of primary sulfonamides is 1. The van der Waals surface area contributed by atoms with Gasteiger partial charge in [0, 0.05) is 36.1 Å². The summed E-state index contributed by atoms with van der Waals surface area (Å²) in [5.74, 6) is -0.796. The Morgan fingerprint density at radius 3 is 2.66 bits per heavy atom. The molecule has 29 heavy (non-hydrogen) atoms. The van der Waals surface area contributed by atoms with Crippen LogP contribution >= 0.6 is 0 Å². The molecule has 1 aromatic heterocycles. The lowest BCUT2D eigenvalue weighted by molar-refractivity contribution is -0.120. The molecule has 8 nitrogen and oxygen atoms in total. The molecule has 2 heterocycles. The highest BCUT2D eigenvalue weighted by Crippen LogP contribution is 2.27. The van der Waals surface area contributed by atoms with E-state index in [0.717, 1.165) is 11.3 Å². The molecule has 2 amide bonds. The standard InChI is InChI=1S/C20H18N4O4S/c1-24-16-7-3-2-5-12(16)11-15(20(24)26)23-19(25)18-14-6-4-8-17(29(21,27)28)13(14)9-10-22-18/h2-10,15H,11H2,1H3,(H,23,25)(H2,21,27,28). The highest BCUT2D eigenvalue weighted by Gasteiger charge is 2.32. The number of sulfonamides is 1. The summed E-state index contributed by atoms with van der Waals surface area (Å²) in [4.78, 5) is 31.2. The Balaban J connectivity index is 1.70. The van der Waals surface area contributed by atoms with Crippen LogP contribution < -0.4 is 15.4 Å².